The number of hydrogen-bond donors (Lipinski definition) is 1. The van der Waals surface area contributed by atoms with Gasteiger partial charge in [-0.2, -0.15) is 0 Å². The summed E-state index contributed by atoms with van der Waals surface area (Å²) in [7, 11) is -3.01. The highest BCUT2D eigenvalue weighted by atomic mass is 32.2. The smallest absolute Gasteiger partial charge is 0.203 e. The minimum absolute atomic E-state index is 0.108. The van der Waals surface area contributed by atoms with Crippen LogP contribution in [0.1, 0.15) is 32.0 Å². The van der Waals surface area contributed by atoms with E-state index in [0.29, 0.717) is 6.61 Å². The highest BCUT2D eigenvalue weighted by Gasteiger charge is 2.16. The van der Waals surface area contributed by atoms with Crippen molar-refractivity contribution in [3.63, 3.8) is 0 Å². The molecule has 6 nitrogen and oxygen atoms in total. The minimum Gasteiger partial charge on any atom is -0.382 e. The van der Waals surface area contributed by atoms with Crippen LogP contribution < -0.4 is 5.32 Å². The SMILES string of the molecule is CCOCCCNc1nc(C)cn1C(C)CS(C)(=O)=O. The summed E-state index contributed by atoms with van der Waals surface area (Å²) in [5, 5.41) is 3.24. The summed E-state index contributed by atoms with van der Waals surface area (Å²) >= 11 is 0. The number of hydrogen-bond acceptors (Lipinski definition) is 5. The number of aromatic nitrogens is 2. The van der Waals surface area contributed by atoms with Gasteiger partial charge in [-0.15, -0.1) is 0 Å². The fraction of sp³-hybridized carbons (Fsp3) is 0.769. The number of sulfone groups is 1. The van der Waals surface area contributed by atoms with Gasteiger partial charge >= 0.3 is 0 Å². The lowest BCUT2D eigenvalue weighted by molar-refractivity contribution is 0.147. The summed E-state index contributed by atoms with van der Waals surface area (Å²) in [4.78, 5) is 4.40. The van der Waals surface area contributed by atoms with Gasteiger partial charge in [-0.3, -0.25) is 0 Å². The summed E-state index contributed by atoms with van der Waals surface area (Å²) in [6, 6.07) is -0.138. The van der Waals surface area contributed by atoms with Crippen molar-refractivity contribution in [2.45, 2.75) is 33.2 Å². The Hall–Kier alpha value is -1.08. The third kappa shape index (κ3) is 5.92. The number of ether oxygens (including phenoxy) is 1. The van der Waals surface area contributed by atoms with Crippen LogP contribution in [-0.4, -0.2) is 49.7 Å². The van der Waals surface area contributed by atoms with Crippen molar-refractivity contribution in [2.75, 3.05) is 37.1 Å². The third-order valence-corrected chi connectivity index (χ3v) is 3.91. The molecule has 0 aromatic carbocycles. The van der Waals surface area contributed by atoms with Crippen LogP contribution >= 0.6 is 0 Å². The maximum absolute atomic E-state index is 11.4. The topological polar surface area (TPSA) is 73.2 Å². The lowest BCUT2D eigenvalue weighted by Crippen LogP contribution is -2.19. The molecule has 1 aromatic heterocycles. The second-order valence-corrected chi connectivity index (χ2v) is 7.22. The molecule has 7 heteroatoms. The lowest BCUT2D eigenvalue weighted by Gasteiger charge is -2.16. The van der Waals surface area contributed by atoms with Gasteiger partial charge in [-0.05, 0) is 27.2 Å². The number of nitrogens with one attached hydrogen (secondary N) is 1. The summed E-state index contributed by atoms with van der Waals surface area (Å²) in [6.45, 7) is 7.93. The third-order valence-electron chi connectivity index (χ3n) is 2.82. The Kier molecular flexibility index (Phi) is 6.48. The zero-order chi connectivity index (χ0) is 15.2. The van der Waals surface area contributed by atoms with Gasteiger partial charge in [-0.1, -0.05) is 0 Å². The van der Waals surface area contributed by atoms with Gasteiger partial charge in [0.25, 0.3) is 0 Å². The quantitative estimate of drug-likeness (QED) is 0.702. The maximum atomic E-state index is 11.4. The van der Waals surface area contributed by atoms with Gasteiger partial charge in [0.15, 0.2) is 0 Å². The van der Waals surface area contributed by atoms with E-state index in [4.69, 9.17) is 4.74 Å². The van der Waals surface area contributed by atoms with Gasteiger partial charge < -0.3 is 14.6 Å². The van der Waals surface area contributed by atoms with Crippen molar-refractivity contribution in [3.05, 3.63) is 11.9 Å². The fourth-order valence-corrected chi connectivity index (χ4v) is 3.06. The number of aryl methyl sites for hydroxylation is 1. The van der Waals surface area contributed by atoms with Crippen LogP contribution in [0.2, 0.25) is 0 Å². The molecule has 0 radical (unpaired) electrons. The molecule has 1 aromatic rings. The molecule has 1 heterocycles. The van der Waals surface area contributed by atoms with E-state index in [1.165, 1.54) is 6.26 Å². The number of imidazole rings is 1. The van der Waals surface area contributed by atoms with Crippen LogP contribution in [0, 0.1) is 6.92 Å². The van der Waals surface area contributed by atoms with Gasteiger partial charge in [0.2, 0.25) is 5.95 Å². The minimum atomic E-state index is -3.01. The summed E-state index contributed by atoms with van der Waals surface area (Å²) in [6.07, 6.45) is 4.02. The van der Waals surface area contributed by atoms with Crippen molar-refractivity contribution >= 4 is 15.8 Å². The molecule has 20 heavy (non-hydrogen) atoms. The van der Waals surface area contributed by atoms with E-state index in [0.717, 1.165) is 31.2 Å². The molecule has 0 aliphatic rings. The van der Waals surface area contributed by atoms with Crippen LogP contribution in [0.25, 0.3) is 0 Å². The van der Waals surface area contributed by atoms with Crippen LogP contribution in [0.3, 0.4) is 0 Å². The van der Waals surface area contributed by atoms with Crippen molar-refractivity contribution in [3.8, 4) is 0 Å². The highest BCUT2D eigenvalue weighted by molar-refractivity contribution is 7.90. The van der Waals surface area contributed by atoms with Crippen LogP contribution in [0.5, 0.6) is 0 Å². The molecule has 0 aliphatic carbocycles. The average molecular weight is 303 g/mol. The van der Waals surface area contributed by atoms with Gasteiger partial charge in [-0.25, -0.2) is 13.4 Å². The van der Waals surface area contributed by atoms with Crippen LogP contribution in [-0.2, 0) is 14.6 Å². The Labute approximate surface area is 121 Å². The first kappa shape index (κ1) is 17.0. The van der Waals surface area contributed by atoms with E-state index < -0.39 is 9.84 Å². The number of rotatable bonds is 9. The molecule has 0 aliphatic heterocycles. The predicted molar refractivity (Wildman–Crippen MR) is 81.0 cm³/mol. The number of nitrogens with zero attached hydrogens (tertiary/aromatic N) is 2. The van der Waals surface area contributed by atoms with Gasteiger partial charge in [0.1, 0.15) is 9.84 Å². The van der Waals surface area contributed by atoms with E-state index >= 15 is 0 Å². The maximum Gasteiger partial charge on any atom is 0.203 e. The molecule has 1 atom stereocenters. The predicted octanol–water partition coefficient (Wildman–Crippen LogP) is 1.64. The van der Waals surface area contributed by atoms with Crippen molar-refractivity contribution in [2.24, 2.45) is 0 Å². The first-order valence-corrected chi connectivity index (χ1v) is 8.94. The molecule has 0 amide bonds. The normalized spacial score (nSPS) is 13.4. The molecule has 0 spiro atoms. The number of anilines is 1. The first-order chi connectivity index (χ1) is 9.33. The molecular formula is C13H25N3O3S. The Morgan fingerprint density at radius 3 is 2.80 bits per heavy atom. The molecular weight excluding hydrogens is 278 g/mol. The molecule has 1 N–H and O–H groups in total. The summed E-state index contributed by atoms with van der Waals surface area (Å²) < 4.78 is 29.9. The Balaban J connectivity index is 2.63. The van der Waals surface area contributed by atoms with Crippen molar-refractivity contribution in [1.29, 1.82) is 0 Å². The molecule has 0 bridgehead atoms. The Bertz CT molecular complexity index is 511. The van der Waals surface area contributed by atoms with Crippen LogP contribution in [0.15, 0.2) is 6.20 Å². The molecule has 0 saturated heterocycles. The molecule has 0 fully saturated rings. The lowest BCUT2D eigenvalue weighted by atomic mass is 10.4. The van der Waals surface area contributed by atoms with Crippen molar-refractivity contribution < 1.29 is 13.2 Å². The second-order valence-electron chi connectivity index (χ2n) is 5.03. The Morgan fingerprint density at radius 2 is 2.20 bits per heavy atom. The van der Waals surface area contributed by atoms with Gasteiger partial charge in [0, 0.05) is 38.3 Å². The average Bonchev–Trinajstić information content (AvgIpc) is 2.68. The summed E-state index contributed by atoms with van der Waals surface area (Å²) in [5.41, 5.74) is 0.873. The van der Waals surface area contributed by atoms with Gasteiger partial charge in [0.05, 0.1) is 11.4 Å². The molecule has 1 unspecified atom stereocenters. The summed E-state index contributed by atoms with van der Waals surface area (Å²) in [5.74, 6) is 0.825. The van der Waals surface area contributed by atoms with E-state index in [9.17, 15) is 8.42 Å². The molecule has 1 rings (SSSR count). The van der Waals surface area contributed by atoms with E-state index in [1.54, 1.807) is 0 Å². The zero-order valence-electron chi connectivity index (χ0n) is 12.7. The van der Waals surface area contributed by atoms with E-state index in [-0.39, 0.29) is 11.8 Å². The highest BCUT2D eigenvalue weighted by Crippen LogP contribution is 2.17. The Morgan fingerprint density at radius 1 is 1.50 bits per heavy atom. The second kappa shape index (κ2) is 7.64. The molecule has 0 saturated carbocycles. The van der Waals surface area contributed by atoms with E-state index in [1.807, 2.05) is 31.5 Å². The molecule has 116 valence electrons. The first-order valence-electron chi connectivity index (χ1n) is 6.88. The zero-order valence-corrected chi connectivity index (χ0v) is 13.5. The standard InChI is InChI=1S/C13H25N3O3S/c1-5-19-8-6-7-14-13-15-11(2)9-16(13)12(3)10-20(4,17)18/h9,12H,5-8,10H2,1-4H3,(H,14,15). The largest absolute Gasteiger partial charge is 0.382 e. The fourth-order valence-electron chi connectivity index (χ4n) is 2.02. The van der Waals surface area contributed by atoms with E-state index in [2.05, 4.69) is 10.3 Å². The van der Waals surface area contributed by atoms with Crippen molar-refractivity contribution in [1.82, 2.24) is 9.55 Å². The van der Waals surface area contributed by atoms with Crippen LogP contribution in [0.4, 0.5) is 5.95 Å². The monoisotopic (exact) mass is 303 g/mol.